The van der Waals surface area contributed by atoms with Crippen LogP contribution in [0.15, 0.2) is 0 Å². The third-order valence-corrected chi connectivity index (χ3v) is 2.58. The summed E-state index contributed by atoms with van der Waals surface area (Å²) in [5.41, 5.74) is 0.275. The average Bonchev–Trinajstić information content (AvgIpc) is 2.00. The van der Waals surface area contributed by atoms with Crippen LogP contribution in [-0.4, -0.2) is 23.8 Å². The maximum Gasteiger partial charge on any atom is 0.0584 e. The predicted molar refractivity (Wildman–Crippen MR) is 62.4 cm³/mol. The van der Waals surface area contributed by atoms with Crippen molar-refractivity contribution in [3.05, 3.63) is 0 Å². The normalized spacial score (nSPS) is 17.1. The summed E-state index contributed by atoms with van der Waals surface area (Å²) in [4.78, 5) is 0. The van der Waals surface area contributed by atoms with Crippen molar-refractivity contribution in [1.29, 1.82) is 0 Å². The summed E-state index contributed by atoms with van der Waals surface area (Å²) in [7, 11) is 0. The van der Waals surface area contributed by atoms with Crippen molar-refractivity contribution in [3.8, 4) is 0 Å². The summed E-state index contributed by atoms with van der Waals surface area (Å²) in [6, 6.07) is 0.696. The van der Waals surface area contributed by atoms with Crippen LogP contribution in [0.4, 0.5) is 0 Å². The molecule has 0 bridgehead atoms. The van der Waals surface area contributed by atoms with Crippen LogP contribution in [0, 0.1) is 11.3 Å². The molecule has 0 saturated carbocycles. The number of hydrogen-bond donors (Lipinski definition) is 2. The van der Waals surface area contributed by atoms with E-state index in [9.17, 15) is 5.11 Å². The van der Waals surface area contributed by atoms with Crippen molar-refractivity contribution in [2.24, 2.45) is 11.3 Å². The quantitative estimate of drug-likeness (QED) is 0.716. The van der Waals surface area contributed by atoms with E-state index in [0.29, 0.717) is 12.0 Å². The molecule has 2 nitrogen and oxygen atoms in total. The lowest BCUT2D eigenvalue weighted by Gasteiger charge is -2.29. The van der Waals surface area contributed by atoms with E-state index >= 15 is 0 Å². The smallest absolute Gasteiger partial charge is 0.0584 e. The SMILES string of the molecule is CC(C)C(C)NC(CO)CC(C)(C)C. The number of nitrogens with one attached hydrogen (secondary N) is 1. The van der Waals surface area contributed by atoms with E-state index < -0.39 is 0 Å². The van der Waals surface area contributed by atoms with Gasteiger partial charge in [-0.05, 0) is 24.7 Å². The minimum Gasteiger partial charge on any atom is -0.395 e. The first-order valence-corrected chi connectivity index (χ1v) is 5.63. The van der Waals surface area contributed by atoms with Crippen LogP contribution in [-0.2, 0) is 0 Å². The number of hydrogen-bond acceptors (Lipinski definition) is 2. The molecule has 14 heavy (non-hydrogen) atoms. The van der Waals surface area contributed by atoms with Gasteiger partial charge in [-0.1, -0.05) is 34.6 Å². The van der Waals surface area contributed by atoms with Gasteiger partial charge in [0, 0.05) is 12.1 Å². The zero-order valence-electron chi connectivity index (χ0n) is 10.6. The lowest BCUT2D eigenvalue weighted by molar-refractivity contribution is 0.182. The fourth-order valence-corrected chi connectivity index (χ4v) is 1.48. The molecule has 0 heterocycles. The molecule has 2 unspecified atom stereocenters. The van der Waals surface area contributed by atoms with Crippen molar-refractivity contribution in [3.63, 3.8) is 0 Å². The van der Waals surface area contributed by atoms with Crippen LogP contribution >= 0.6 is 0 Å². The Balaban J connectivity index is 4.03. The van der Waals surface area contributed by atoms with Gasteiger partial charge in [-0.15, -0.1) is 0 Å². The zero-order valence-corrected chi connectivity index (χ0v) is 10.6. The first kappa shape index (κ1) is 13.9. The van der Waals surface area contributed by atoms with Gasteiger partial charge in [0.05, 0.1) is 6.61 Å². The molecule has 0 rings (SSSR count). The average molecular weight is 201 g/mol. The van der Waals surface area contributed by atoms with Crippen molar-refractivity contribution in [1.82, 2.24) is 5.32 Å². The van der Waals surface area contributed by atoms with Crippen molar-refractivity contribution >= 4 is 0 Å². The highest BCUT2D eigenvalue weighted by atomic mass is 16.3. The van der Waals surface area contributed by atoms with Crippen LogP contribution in [0.25, 0.3) is 0 Å². The van der Waals surface area contributed by atoms with Crippen molar-refractivity contribution < 1.29 is 5.11 Å². The van der Waals surface area contributed by atoms with Gasteiger partial charge in [-0.2, -0.15) is 0 Å². The third-order valence-electron chi connectivity index (χ3n) is 2.58. The fraction of sp³-hybridized carbons (Fsp3) is 1.00. The molecule has 0 aromatic rings. The molecule has 86 valence electrons. The largest absolute Gasteiger partial charge is 0.395 e. The molecule has 0 fully saturated rings. The minimum absolute atomic E-state index is 0.229. The summed E-state index contributed by atoms with van der Waals surface area (Å²) in [6.07, 6.45) is 1.01. The van der Waals surface area contributed by atoms with E-state index in [2.05, 4.69) is 46.9 Å². The highest BCUT2D eigenvalue weighted by molar-refractivity contribution is 4.77. The Bertz CT molecular complexity index is 149. The molecule has 0 amide bonds. The topological polar surface area (TPSA) is 32.3 Å². The molecule has 0 aliphatic heterocycles. The maximum atomic E-state index is 9.26. The predicted octanol–water partition coefficient (Wildman–Crippen LogP) is 2.42. The van der Waals surface area contributed by atoms with Crippen LogP contribution in [0.5, 0.6) is 0 Å². The second kappa shape index (κ2) is 5.72. The standard InChI is InChI=1S/C12H27NO/c1-9(2)10(3)13-11(8-14)7-12(4,5)6/h9-11,13-14H,7-8H2,1-6H3. The summed E-state index contributed by atoms with van der Waals surface area (Å²) >= 11 is 0. The van der Waals surface area contributed by atoms with E-state index in [1.54, 1.807) is 0 Å². The molecule has 0 spiro atoms. The molecule has 0 aliphatic rings. The van der Waals surface area contributed by atoms with Gasteiger partial charge in [0.1, 0.15) is 0 Å². The summed E-state index contributed by atoms with van der Waals surface area (Å²) in [6.45, 7) is 13.4. The van der Waals surface area contributed by atoms with Gasteiger partial charge in [0.15, 0.2) is 0 Å². The van der Waals surface area contributed by atoms with Gasteiger partial charge in [0.2, 0.25) is 0 Å². The fourth-order valence-electron chi connectivity index (χ4n) is 1.48. The van der Waals surface area contributed by atoms with Crippen molar-refractivity contribution in [2.75, 3.05) is 6.61 Å². The number of rotatable bonds is 5. The van der Waals surface area contributed by atoms with E-state index in [1.165, 1.54) is 0 Å². The molecular weight excluding hydrogens is 174 g/mol. The Labute approximate surface area is 89.1 Å². The van der Waals surface area contributed by atoms with Crippen molar-refractivity contribution in [2.45, 2.75) is 60.0 Å². The minimum atomic E-state index is 0.229. The Kier molecular flexibility index (Phi) is 5.68. The molecule has 0 aromatic carbocycles. The Hall–Kier alpha value is -0.0800. The molecule has 0 radical (unpaired) electrons. The molecule has 2 atom stereocenters. The monoisotopic (exact) mass is 201 g/mol. The van der Waals surface area contributed by atoms with Crippen LogP contribution < -0.4 is 5.32 Å². The Morgan fingerprint density at radius 3 is 1.93 bits per heavy atom. The summed E-state index contributed by atoms with van der Waals surface area (Å²) in [5, 5.41) is 12.7. The molecule has 0 saturated heterocycles. The van der Waals surface area contributed by atoms with Gasteiger partial charge < -0.3 is 10.4 Å². The van der Waals surface area contributed by atoms with Gasteiger partial charge in [0.25, 0.3) is 0 Å². The molecule has 0 aliphatic carbocycles. The molecule has 2 heteroatoms. The third kappa shape index (κ3) is 6.39. The lowest BCUT2D eigenvalue weighted by atomic mass is 9.88. The number of aliphatic hydroxyl groups excluding tert-OH is 1. The van der Waals surface area contributed by atoms with E-state index in [1.807, 2.05) is 0 Å². The van der Waals surface area contributed by atoms with Crippen LogP contribution in [0.1, 0.15) is 48.0 Å². The first-order valence-electron chi connectivity index (χ1n) is 5.63. The highest BCUT2D eigenvalue weighted by Gasteiger charge is 2.20. The Morgan fingerprint density at radius 1 is 1.14 bits per heavy atom. The molecular formula is C12H27NO. The van der Waals surface area contributed by atoms with E-state index in [4.69, 9.17) is 0 Å². The van der Waals surface area contributed by atoms with Gasteiger partial charge >= 0.3 is 0 Å². The van der Waals surface area contributed by atoms with Gasteiger partial charge in [-0.25, -0.2) is 0 Å². The zero-order chi connectivity index (χ0) is 11.4. The lowest BCUT2D eigenvalue weighted by Crippen LogP contribution is -2.43. The summed E-state index contributed by atoms with van der Waals surface area (Å²) < 4.78 is 0. The highest BCUT2D eigenvalue weighted by Crippen LogP contribution is 2.21. The van der Waals surface area contributed by atoms with Crippen LogP contribution in [0.3, 0.4) is 0 Å². The maximum absolute atomic E-state index is 9.26. The molecule has 0 aromatic heterocycles. The van der Waals surface area contributed by atoms with Gasteiger partial charge in [-0.3, -0.25) is 0 Å². The Morgan fingerprint density at radius 2 is 1.64 bits per heavy atom. The van der Waals surface area contributed by atoms with E-state index in [-0.39, 0.29) is 18.1 Å². The first-order chi connectivity index (χ1) is 6.26. The second-order valence-corrected chi connectivity index (χ2v) is 5.84. The van der Waals surface area contributed by atoms with E-state index in [0.717, 1.165) is 6.42 Å². The molecule has 2 N–H and O–H groups in total. The summed E-state index contributed by atoms with van der Waals surface area (Å²) in [5.74, 6) is 0.615. The van der Waals surface area contributed by atoms with Crippen LogP contribution in [0.2, 0.25) is 0 Å². The second-order valence-electron chi connectivity index (χ2n) is 5.84. The number of aliphatic hydroxyl groups is 1.